The van der Waals surface area contributed by atoms with E-state index in [1.54, 1.807) is 0 Å². The Labute approximate surface area is 84.7 Å². The average Bonchev–Trinajstić information content (AvgIpc) is 2.23. The Kier molecular flexibility index (Phi) is 2.68. The molecule has 1 saturated heterocycles. The minimum Gasteiger partial charge on any atom is -0.378 e. The molecular weight excluding hydrogens is 176 g/mol. The van der Waals surface area contributed by atoms with Gasteiger partial charge in [0.05, 0.1) is 25.1 Å². The second-order valence-electron chi connectivity index (χ2n) is 3.70. The summed E-state index contributed by atoms with van der Waals surface area (Å²) in [6.45, 7) is 7.87. The molecule has 1 aromatic heterocycles. The van der Waals surface area contributed by atoms with Crippen molar-refractivity contribution in [3.8, 4) is 0 Å². The molecule has 2 heterocycles. The van der Waals surface area contributed by atoms with Crippen LogP contribution in [0, 0.1) is 13.8 Å². The lowest BCUT2D eigenvalue weighted by molar-refractivity contribution is 0.122. The highest BCUT2D eigenvalue weighted by atomic mass is 16.5. The lowest BCUT2D eigenvalue weighted by Crippen LogP contribution is -2.36. The Hall–Kier alpha value is -1.09. The highest BCUT2D eigenvalue weighted by Gasteiger charge is 2.13. The van der Waals surface area contributed by atoms with Crippen LogP contribution in [0.15, 0.2) is 12.4 Å². The first-order valence-corrected chi connectivity index (χ1v) is 5.03. The zero-order valence-electron chi connectivity index (χ0n) is 8.79. The summed E-state index contributed by atoms with van der Waals surface area (Å²) in [5.41, 5.74) is 3.85. The third-order valence-corrected chi connectivity index (χ3v) is 2.79. The van der Waals surface area contributed by atoms with Crippen LogP contribution in [-0.4, -0.2) is 31.3 Å². The number of ether oxygens (including phenoxy) is 1. The normalized spacial score (nSPS) is 17.1. The Balaban J connectivity index is 2.26. The summed E-state index contributed by atoms with van der Waals surface area (Å²) >= 11 is 0. The number of anilines is 1. The molecular formula is C11H16N2O. The van der Waals surface area contributed by atoms with Crippen molar-refractivity contribution in [3.63, 3.8) is 0 Å². The van der Waals surface area contributed by atoms with Gasteiger partial charge in [0.25, 0.3) is 0 Å². The number of hydrogen-bond donors (Lipinski definition) is 0. The molecule has 0 atom stereocenters. The summed E-state index contributed by atoms with van der Waals surface area (Å²) in [7, 11) is 0. The third kappa shape index (κ3) is 1.73. The standard InChI is InChI=1S/C11H16N2O/c1-9-7-12-8-11(10(9)2)13-3-5-14-6-4-13/h7-8H,3-6H2,1-2H3. The van der Waals surface area contributed by atoms with Crippen molar-refractivity contribution in [3.05, 3.63) is 23.5 Å². The smallest absolute Gasteiger partial charge is 0.0642 e. The van der Waals surface area contributed by atoms with Gasteiger partial charge in [-0.05, 0) is 25.0 Å². The van der Waals surface area contributed by atoms with Crippen LogP contribution < -0.4 is 4.90 Å². The Morgan fingerprint density at radius 2 is 1.93 bits per heavy atom. The van der Waals surface area contributed by atoms with Crippen molar-refractivity contribution in [1.82, 2.24) is 4.98 Å². The molecule has 76 valence electrons. The maximum absolute atomic E-state index is 5.33. The third-order valence-electron chi connectivity index (χ3n) is 2.79. The van der Waals surface area contributed by atoms with E-state index in [9.17, 15) is 0 Å². The van der Waals surface area contributed by atoms with Crippen LogP contribution in [-0.2, 0) is 4.74 Å². The maximum atomic E-state index is 5.33. The van der Waals surface area contributed by atoms with E-state index in [0.29, 0.717) is 0 Å². The number of hydrogen-bond acceptors (Lipinski definition) is 3. The zero-order valence-corrected chi connectivity index (χ0v) is 8.79. The van der Waals surface area contributed by atoms with Crippen LogP contribution in [0.2, 0.25) is 0 Å². The molecule has 3 heteroatoms. The van der Waals surface area contributed by atoms with Gasteiger partial charge < -0.3 is 9.64 Å². The van der Waals surface area contributed by atoms with Gasteiger partial charge >= 0.3 is 0 Å². The fourth-order valence-corrected chi connectivity index (χ4v) is 1.74. The quantitative estimate of drug-likeness (QED) is 0.674. The first-order valence-electron chi connectivity index (χ1n) is 5.03. The van der Waals surface area contributed by atoms with Crippen molar-refractivity contribution >= 4 is 5.69 Å². The summed E-state index contributed by atoms with van der Waals surface area (Å²) in [5.74, 6) is 0. The zero-order chi connectivity index (χ0) is 9.97. The number of aromatic nitrogens is 1. The SMILES string of the molecule is Cc1cncc(N2CCOCC2)c1C. The number of pyridine rings is 1. The van der Waals surface area contributed by atoms with Crippen molar-refractivity contribution in [2.24, 2.45) is 0 Å². The number of aryl methyl sites for hydroxylation is 1. The molecule has 0 saturated carbocycles. The highest BCUT2D eigenvalue weighted by molar-refractivity contribution is 5.53. The molecule has 14 heavy (non-hydrogen) atoms. The van der Waals surface area contributed by atoms with Gasteiger partial charge in [-0.1, -0.05) is 0 Å². The minimum absolute atomic E-state index is 0.827. The van der Waals surface area contributed by atoms with Crippen molar-refractivity contribution in [2.45, 2.75) is 13.8 Å². The lowest BCUT2D eigenvalue weighted by Gasteiger charge is -2.30. The summed E-state index contributed by atoms with van der Waals surface area (Å²) in [5, 5.41) is 0. The molecule has 0 unspecified atom stereocenters. The molecule has 1 fully saturated rings. The minimum atomic E-state index is 0.827. The van der Waals surface area contributed by atoms with Crippen LogP contribution in [0.4, 0.5) is 5.69 Å². The summed E-state index contributed by atoms with van der Waals surface area (Å²) in [6, 6.07) is 0. The van der Waals surface area contributed by atoms with E-state index in [1.807, 2.05) is 12.4 Å². The number of nitrogens with zero attached hydrogens (tertiary/aromatic N) is 2. The second-order valence-corrected chi connectivity index (χ2v) is 3.70. The van der Waals surface area contributed by atoms with Crippen LogP contribution in [0.1, 0.15) is 11.1 Å². The molecule has 0 radical (unpaired) electrons. The van der Waals surface area contributed by atoms with Gasteiger partial charge in [-0.15, -0.1) is 0 Å². The Morgan fingerprint density at radius 3 is 2.64 bits per heavy atom. The highest BCUT2D eigenvalue weighted by Crippen LogP contribution is 2.21. The molecule has 0 bridgehead atoms. The number of morpholine rings is 1. The van der Waals surface area contributed by atoms with Crippen LogP contribution in [0.25, 0.3) is 0 Å². The second kappa shape index (κ2) is 3.96. The fraction of sp³-hybridized carbons (Fsp3) is 0.545. The molecule has 0 spiro atoms. The first kappa shape index (κ1) is 9.46. The van der Waals surface area contributed by atoms with E-state index in [1.165, 1.54) is 16.8 Å². The van der Waals surface area contributed by atoms with E-state index in [4.69, 9.17) is 4.74 Å². The van der Waals surface area contributed by atoms with Gasteiger partial charge in [-0.25, -0.2) is 0 Å². The Morgan fingerprint density at radius 1 is 1.21 bits per heavy atom. The molecule has 2 rings (SSSR count). The molecule has 0 aliphatic carbocycles. The van der Waals surface area contributed by atoms with Gasteiger partial charge in [0.1, 0.15) is 0 Å². The Bertz CT molecular complexity index is 319. The predicted octanol–water partition coefficient (Wildman–Crippen LogP) is 1.54. The average molecular weight is 192 g/mol. The van der Waals surface area contributed by atoms with Crippen LogP contribution in [0.3, 0.4) is 0 Å². The number of rotatable bonds is 1. The molecule has 0 amide bonds. The van der Waals surface area contributed by atoms with Crippen molar-refractivity contribution in [1.29, 1.82) is 0 Å². The fourth-order valence-electron chi connectivity index (χ4n) is 1.74. The van der Waals surface area contributed by atoms with E-state index >= 15 is 0 Å². The van der Waals surface area contributed by atoms with E-state index < -0.39 is 0 Å². The maximum Gasteiger partial charge on any atom is 0.0642 e. The molecule has 1 aromatic rings. The summed E-state index contributed by atoms with van der Waals surface area (Å²) < 4.78 is 5.33. The van der Waals surface area contributed by atoms with Crippen molar-refractivity contribution in [2.75, 3.05) is 31.2 Å². The molecule has 3 nitrogen and oxygen atoms in total. The lowest BCUT2D eigenvalue weighted by atomic mass is 10.1. The van der Waals surface area contributed by atoms with Crippen LogP contribution in [0.5, 0.6) is 0 Å². The summed E-state index contributed by atoms with van der Waals surface area (Å²) in [6.07, 6.45) is 3.87. The topological polar surface area (TPSA) is 25.4 Å². The van der Waals surface area contributed by atoms with Gasteiger partial charge in [-0.2, -0.15) is 0 Å². The van der Waals surface area contributed by atoms with Gasteiger partial charge in [-0.3, -0.25) is 4.98 Å². The summed E-state index contributed by atoms with van der Waals surface area (Å²) in [4.78, 5) is 6.58. The predicted molar refractivity (Wildman–Crippen MR) is 56.7 cm³/mol. The van der Waals surface area contributed by atoms with Gasteiger partial charge in [0.15, 0.2) is 0 Å². The largest absolute Gasteiger partial charge is 0.378 e. The van der Waals surface area contributed by atoms with E-state index in [-0.39, 0.29) is 0 Å². The van der Waals surface area contributed by atoms with Crippen molar-refractivity contribution < 1.29 is 4.74 Å². The molecule has 1 aliphatic rings. The molecule has 0 N–H and O–H groups in total. The van der Waals surface area contributed by atoms with E-state index in [2.05, 4.69) is 23.7 Å². The van der Waals surface area contributed by atoms with Crippen LogP contribution >= 0.6 is 0 Å². The molecule has 0 aromatic carbocycles. The molecule has 1 aliphatic heterocycles. The van der Waals surface area contributed by atoms with E-state index in [0.717, 1.165) is 26.3 Å². The van der Waals surface area contributed by atoms with Gasteiger partial charge in [0, 0.05) is 19.3 Å². The monoisotopic (exact) mass is 192 g/mol. The van der Waals surface area contributed by atoms with Gasteiger partial charge in [0.2, 0.25) is 0 Å². The first-order chi connectivity index (χ1) is 6.79.